The molecule has 28 heavy (non-hydrogen) atoms. The van der Waals surface area contributed by atoms with Gasteiger partial charge in [-0.2, -0.15) is 8.42 Å². The molecular formula is C19H15N3O4S2. The van der Waals surface area contributed by atoms with Gasteiger partial charge in [-0.05, 0) is 25.1 Å². The molecule has 0 aliphatic carbocycles. The van der Waals surface area contributed by atoms with Gasteiger partial charge >= 0.3 is 0 Å². The van der Waals surface area contributed by atoms with Gasteiger partial charge in [0.2, 0.25) is 10.7 Å². The molecule has 0 saturated carbocycles. The largest absolute Gasteiger partial charge is 0.493 e. The van der Waals surface area contributed by atoms with Gasteiger partial charge in [0.05, 0.1) is 15.8 Å². The Kier molecular flexibility index (Phi) is 4.28. The lowest BCUT2D eigenvalue weighted by Crippen LogP contribution is -2.22. The molecule has 0 bridgehead atoms. The number of rotatable bonds is 3. The van der Waals surface area contributed by atoms with Gasteiger partial charge in [-0.15, -0.1) is 4.40 Å². The number of thiazole rings is 1. The van der Waals surface area contributed by atoms with Crippen LogP contribution < -0.4 is 15.4 Å². The molecule has 0 unspecified atom stereocenters. The van der Waals surface area contributed by atoms with E-state index in [-0.39, 0.29) is 26.0 Å². The third kappa shape index (κ3) is 2.98. The molecular weight excluding hydrogens is 398 g/mol. The molecule has 0 fully saturated rings. The van der Waals surface area contributed by atoms with Crippen molar-refractivity contribution in [1.29, 1.82) is 0 Å². The zero-order chi connectivity index (χ0) is 20.1. The second-order valence-electron chi connectivity index (χ2n) is 6.28. The van der Waals surface area contributed by atoms with Gasteiger partial charge in [0, 0.05) is 12.3 Å². The van der Waals surface area contributed by atoms with E-state index < -0.39 is 15.9 Å². The van der Waals surface area contributed by atoms with Crippen molar-refractivity contribution in [2.75, 3.05) is 0 Å². The van der Waals surface area contributed by atoms with Gasteiger partial charge < -0.3 is 5.11 Å². The maximum absolute atomic E-state index is 12.6. The fourth-order valence-corrected chi connectivity index (χ4v) is 5.13. The smallest absolute Gasteiger partial charge is 0.285 e. The number of hydrogen-bond donors (Lipinski definition) is 1. The Balaban J connectivity index is 1.92. The van der Waals surface area contributed by atoms with Gasteiger partial charge in [-0.25, -0.2) is 4.99 Å². The zero-order valence-corrected chi connectivity index (χ0v) is 16.6. The van der Waals surface area contributed by atoms with E-state index in [2.05, 4.69) is 9.39 Å². The van der Waals surface area contributed by atoms with Crippen LogP contribution in [0.5, 0.6) is 5.88 Å². The summed E-state index contributed by atoms with van der Waals surface area (Å²) >= 11 is 0.925. The zero-order valence-electron chi connectivity index (χ0n) is 14.9. The number of aromatic hydroxyl groups is 1. The Labute approximate surface area is 164 Å². The highest BCUT2D eigenvalue weighted by Gasteiger charge is 2.25. The minimum Gasteiger partial charge on any atom is -0.493 e. The predicted octanol–water partition coefficient (Wildman–Crippen LogP) is 0.749. The summed E-state index contributed by atoms with van der Waals surface area (Å²) in [5.74, 6) is -0.718. The molecule has 7 nitrogen and oxygen atoms in total. The molecule has 9 heteroatoms. The third-order valence-corrected chi connectivity index (χ3v) is 6.89. The highest BCUT2D eigenvalue weighted by atomic mass is 32.2. The van der Waals surface area contributed by atoms with Crippen LogP contribution in [0.3, 0.4) is 0 Å². The average Bonchev–Trinajstić information content (AvgIpc) is 3.12. The molecule has 0 spiro atoms. The first-order chi connectivity index (χ1) is 13.3. The van der Waals surface area contributed by atoms with E-state index in [1.54, 1.807) is 36.4 Å². The molecule has 3 aromatic rings. The Morgan fingerprint density at radius 2 is 1.79 bits per heavy atom. The van der Waals surface area contributed by atoms with Crippen molar-refractivity contribution in [3.05, 3.63) is 74.3 Å². The topological polar surface area (TPSA) is 101 Å². The van der Waals surface area contributed by atoms with E-state index in [0.29, 0.717) is 10.6 Å². The molecule has 0 radical (unpaired) electrons. The van der Waals surface area contributed by atoms with Gasteiger partial charge in [0.1, 0.15) is 4.88 Å². The second-order valence-corrected chi connectivity index (χ2v) is 8.87. The summed E-state index contributed by atoms with van der Waals surface area (Å²) in [5, 5.41) is 11.6. The summed E-state index contributed by atoms with van der Waals surface area (Å²) < 4.78 is 30.4. The number of amides is 1. The van der Waals surface area contributed by atoms with Crippen molar-refractivity contribution in [2.24, 2.45) is 16.4 Å². The lowest BCUT2D eigenvalue weighted by molar-refractivity contribution is -0.112. The van der Waals surface area contributed by atoms with E-state index in [0.717, 1.165) is 16.9 Å². The van der Waals surface area contributed by atoms with Gasteiger partial charge in [-0.3, -0.25) is 9.36 Å². The van der Waals surface area contributed by atoms with Crippen LogP contribution in [-0.2, 0) is 21.9 Å². The summed E-state index contributed by atoms with van der Waals surface area (Å²) in [6.45, 7) is 1.86. The van der Waals surface area contributed by atoms with E-state index in [9.17, 15) is 18.3 Å². The highest BCUT2D eigenvalue weighted by Crippen LogP contribution is 2.27. The van der Waals surface area contributed by atoms with Gasteiger partial charge in [0.15, 0.2) is 0 Å². The monoisotopic (exact) mass is 413 g/mol. The Morgan fingerprint density at radius 3 is 2.50 bits per heavy atom. The van der Waals surface area contributed by atoms with E-state index >= 15 is 0 Å². The summed E-state index contributed by atoms with van der Waals surface area (Å²) in [5.41, 5.74) is 1.17. The number of aromatic nitrogens is 1. The number of carbonyl (C=O) groups excluding carboxylic acids is 1. The van der Waals surface area contributed by atoms with Crippen molar-refractivity contribution in [3.8, 4) is 5.88 Å². The van der Waals surface area contributed by atoms with Crippen LogP contribution in [0.1, 0.15) is 10.4 Å². The van der Waals surface area contributed by atoms with E-state index in [4.69, 9.17) is 0 Å². The number of carbonyl (C=O) groups is 1. The van der Waals surface area contributed by atoms with Crippen LogP contribution >= 0.6 is 11.3 Å². The maximum Gasteiger partial charge on any atom is 0.285 e. The van der Waals surface area contributed by atoms with Gasteiger partial charge in [0.25, 0.3) is 15.9 Å². The summed E-state index contributed by atoms with van der Waals surface area (Å²) in [6.07, 6.45) is 0. The van der Waals surface area contributed by atoms with Gasteiger partial charge in [-0.1, -0.05) is 47.2 Å². The number of aryl methyl sites for hydroxylation is 1. The molecule has 2 aromatic carbocycles. The van der Waals surface area contributed by atoms with Crippen LogP contribution in [0.4, 0.5) is 0 Å². The molecule has 4 rings (SSSR count). The van der Waals surface area contributed by atoms with Crippen molar-refractivity contribution >= 4 is 32.8 Å². The highest BCUT2D eigenvalue weighted by molar-refractivity contribution is 7.90. The molecule has 2 heterocycles. The van der Waals surface area contributed by atoms with Crippen LogP contribution in [0.25, 0.3) is 5.57 Å². The molecule has 1 N–H and O–H groups in total. The minimum absolute atomic E-state index is 0.0532. The molecule has 0 atom stereocenters. The molecule has 1 aliphatic rings. The quantitative estimate of drug-likeness (QED) is 0.685. The number of hydrogen-bond acceptors (Lipinski definition) is 5. The molecule has 0 saturated heterocycles. The lowest BCUT2D eigenvalue weighted by Gasteiger charge is -1.99. The fourth-order valence-electron chi connectivity index (χ4n) is 2.84. The maximum atomic E-state index is 12.6. The third-order valence-electron chi connectivity index (χ3n) is 4.35. The molecule has 1 amide bonds. The van der Waals surface area contributed by atoms with Crippen molar-refractivity contribution in [2.45, 2.75) is 11.8 Å². The standard InChI is InChI=1S/C19H15N3O4S2/c1-11-7-9-12(10-8-11)28(25,26)21-19-22(2)18(24)16(27-19)15-13-5-3-4-6-14(13)20-17(15)23/h3-10,24H,1-2H3/b21-19-. The fraction of sp³-hybridized carbons (Fsp3) is 0.105. The Morgan fingerprint density at radius 1 is 1.11 bits per heavy atom. The minimum atomic E-state index is -3.97. The summed E-state index contributed by atoms with van der Waals surface area (Å²) in [4.78, 5) is 16.7. The van der Waals surface area contributed by atoms with Crippen LogP contribution in [0.2, 0.25) is 0 Å². The second kappa shape index (κ2) is 6.54. The van der Waals surface area contributed by atoms with Crippen LogP contribution in [0.15, 0.2) is 62.8 Å². The first-order valence-corrected chi connectivity index (χ1v) is 10.5. The number of benzene rings is 2. The Bertz CT molecular complexity index is 1410. The van der Waals surface area contributed by atoms with Crippen LogP contribution in [0, 0.1) is 6.92 Å². The van der Waals surface area contributed by atoms with E-state index in [1.165, 1.54) is 23.7 Å². The van der Waals surface area contributed by atoms with Crippen molar-refractivity contribution in [1.82, 2.24) is 4.57 Å². The molecule has 1 aromatic heterocycles. The van der Waals surface area contributed by atoms with Crippen molar-refractivity contribution in [3.63, 3.8) is 0 Å². The van der Waals surface area contributed by atoms with Crippen molar-refractivity contribution < 1.29 is 18.3 Å². The number of fused-ring (bicyclic) bond motifs is 1. The Hall–Kier alpha value is -3.04. The first-order valence-electron chi connectivity index (χ1n) is 8.27. The number of para-hydroxylation sites is 1. The SMILES string of the molecule is Cc1ccc(S(=O)(=O)/N=c2\sc(C3=c4ccccc4=NC3=O)c(O)n2C)cc1. The lowest BCUT2D eigenvalue weighted by atomic mass is 10.1. The average molecular weight is 413 g/mol. The molecule has 142 valence electrons. The summed E-state index contributed by atoms with van der Waals surface area (Å²) in [7, 11) is -2.48. The number of sulfonamides is 1. The molecule has 1 aliphatic heterocycles. The predicted molar refractivity (Wildman–Crippen MR) is 104 cm³/mol. The normalized spacial score (nSPS) is 14.3. The van der Waals surface area contributed by atoms with E-state index in [1.807, 2.05) is 6.92 Å². The number of nitrogens with zero attached hydrogens (tertiary/aromatic N) is 3. The summed E-state index contributed by atoms with van der Waals surface area (Å²) in [6, 6.07) is 13.3. The first kappa shape index (κ1) is 18.3. The van der Waals surface area contributed by atoms with Crippen LogP contribution in [-0.4, -0.2) is 24.0 Å².